The van der Waals surface area contributed by atoms with Crippen LogP contribution >= 0.6 is 23.4 Å². The van der Waals surface area contributed by atoms with Crippen LogP contribution in [0, 0.1) is 5.82 Å². The minimum absolute atomic E-state index is 0.101. The second-order valence-corrected chi connectivity index (χ2v) is 8.15. The highest BCUT2D eigenvalue weighted by Gasteiger charge is 2.29. The molecule has 0 amide bonds. The van der Waals surface area contributed by atoms with Crippen molar-refractivity contribution in [1.29, 1.82) is 0 Å². The lowest BCUT2D eigenvalue weighted by Gasteiger charge is -2.29. The molecule has 0 radical (unpaired) electrons. The summed E-state index contributed by atoms with van der Waals surface area (Å²) in [5.74, 6) is -0.985. The average molecular weight is 355 g/mol. The van der Waals surface area contributed by atoms with Crippen LogP contribution < -0.4 is 10.5 Å². The number of thioether (sulfide) groups is 1. The molecular weight excluding hydrogens is 335 g/mol. The molecule has 0 unspecified atom stereocenters. The molecule has 0 aliphatic rings. The van der Waals surface area contributed by atoms with Crippen LogP contribution in [0.25, 0.3) is 0 Å². The van der Waals surface area contributed by atoms with Crippen LogP contribution in [0.3, 0.4) is 0 Å². The summed E-state index contributed by atoms with van der Waals surface area (Å²) in [5, 5.41) is -0.308. The van der Waals surface area contributed by atoms with Crippen LogP contribution in [0.15, 0.2) is 17.0 Å². The molecule has 0 aromatic heterocycles. The van der Waals surface area contributed by atoms with E-state index in [1.807, 2.05) is 20.1 Å². The highest BCUT2D eigenvalue weighted by Crippen LogP contribution is 2.31. The normalized spacial score (nSPS) is 12.6. The molecule has 120 valence electrons. The summed E-state index contributed by atoms with van der Waals surface area (Å²) in [6, 6.07) is 2.25. The average Bonchev–Trinajstić information content (AvgIpc) is 2.45. The van der Waals surface area contributed by atoms with E-state index < -0.39 is 20.7 Å². The number of benzene rings is 1. The summed E-state index contributed by atoms with van der Waals surface area (Å²) in [5.41, 5.74) is 5.64. The second-order valence-electron chi connectivity index (χ2n) is 4.73. The number of nitrogens with one attached hydrogen (secondary N) is 1. The molecule has 8 heteroatoms. The molecule has 1 aromatic carbocycles. The SMILES string of the molecule is CCC(CC)(CNS(=O)(=O)c1cc(N)cc(Cl)c1F)SC. The lowest BCUT2D eigenvalue weighted by atomic mass is 10.0. The second kappa shape index (κ2) is 7.17. The highest BCUT2D eigenvalue weighted by molar-refractivity contribution is 8.00. The number of anilines is 1. The Labute approximate surface area is 134 Å². The summed E-state index contributed by atoms with van der Waals surface area (Å²) < 4.78 is 40.7. The molecule has 0 aliphatic carbocycles. The van der Waals surface area contributed by atoms with Crippen molar-refractivity contribution >= 4 is 39.1 Å². The van der Waals surface area contributed by atoms with Gasteiger partial charge in [0.1, 0.15) is 4.90 Å². The zero-order valence-corrected chi connectivity index (χ0v) is 14.6. The molecule has 0 saturated heterocycles. The van der Waals surface area contributed by atoms with Gasteiger partial charge in [-0.3, -0.25) is 0 Å². The number of nitrogens with two attached hydrogens (primary N) is 1. The fourth-order valence-electron chi connectivity index (χ4n) is 1.94. The summed E-state index contributed by atoms with van der Waals surface area (Å²) in [6.07, 6.45) is 3.53. The molecule has 1 rings (SSSR count). The van der Waals surface area contributed by atoms with Crippen LogP contribution in [0.5, 0.6) is 0 Å². The highest BCUT2D eigenvalue weighted by atomic mass is 35.5. The van der Waals surface area contributed by atoms with E-state index in [1.54, 1.807) is 11.8 Å². The van der Waals surface area contributed by atoms with Gasteiger partial charge in [-0.15, -0.1) is 0 Å². The fraction of sp³-hybridized carbons (Fsp3) is 0.538. The standard InChI is InChI=1S/C13H20ClFN2O2S2/c1-4-13(5-2,20-3)8-17-21(18,19)11-7-9(16)6-10(14)12(11)15/h6-7,17H,4-5,8,16H2,1-3H3. The lowest BCUT2D eigenvalue weighted by molar-refractivity contribution is 0.516. The fourth-order valence-corrected chi connectivity index (χ4v) is 4.37. The lowest BCUT2D eigenvalue weighted by Crippen LogP contribution is -2.39. The maximum atomic E-state index is 13.9. The van der Waals surface area contributed by atoms with Crippen LogP contribution in [0.1, 0.15) is 26.7 Å². The molecule has 1 aromatic rings. The number of rotatable bonds is 7. The Bertz CT molecular complexity index is 596. The minimum atomic E-state index is -4.00. The first-order chi connectivity index (χ1) is 9.71. The van der Waals surface area contributed by atoms with Crippen molar-refractivity contribution in [3.05, 3.63) is 23.0 Å². The van der Waals surface area contributed by atoms with E-state index in [2.05, 4.69) is 4.72 Å². The zero-order valence-electron chi connectivity index (χ0n) is 12.2. The van der Waals surface area contributed by atoms with Crippen molar-refractivity contribution < 1.29 is 12.8 Å². The van der Waals surface area contributed by atoms with Gasteiger partial charge in [0.05, 0.1) is 5.02 Å². The van der Waals surface area contributed by atoms with Gasteiger partial charge in [0.25, 0.3) is 0 Å². The number of hydrogen-bond acceptors (Lipinski definition) is 4. The van der Waals surface area contributed by atoms with Gasteiger partial charge in [0.2, 0.25) is 10.0 Å². The quantitative estimate of drug-likeness (QED) is 0.737. The van der Waals surface area contributed by atoms with Crippen LogP contribution in [-0.2, 0) is 10.0 Å². The van der Waals surface area contributed by atoms with E-state index in [0.29, 0.717) is 0 Å². The summed E-state index contributed by atoms with van der Waals surface area (Å²) in [6.45, 7) is 4.20. The van der Waals surface area contributed by atoms with E-state index >= 15 is 0 Å². The van der Waals surface area contributed by atoms with Gasteiger partial charge in [0.15, 0.2) is 5.82 Å². The van der Waals surface area contributed by atoms with Crippen molar-refractivity contribution in [1.82, 2.24) is 4.72 Å². The monoisotopic (exact) mass is 354 g/mol. The summed E-state index contributed by atoms with van der Waals surface area (Å²) in [4.78, 5) is -0.519. The summed E-state index contributed by atoms with van der Waals surface area (Å²) in [7, 11) is -4.00. The maximum absolute atomic E-state index is 13.9. The maximum Gasteiger partial charge on any atom is 0.243 e. The third-order valence-electron chi connectivity index (χ3n) is 3.61. The van der Waals surface area contributed by atoms with Gasteiger partial charge in [0, 0.05) is 17.0 Å². The number of hydrogen-bond donors (Lipinski definition) is 2. The molecule has 4 nitrogen and oxygen atoms in total. The van der Waals surface area contributed by atoms with Gasteiger partial charge in [-0.05, 0) is 31.2 Å². The van der Waals surface area contributed by atoms with Gasteiger partial charge >= 0.3 is 0 Å². The predicted molar refractivity (Wildman–Crippen MR) is 87.8 cm³/mol. The topological polar surface area (TPSA) is 72.2 Å². The molecule has 0 heterocycles. The number of nitrogen functional groups attached to an aromatic ring is 1. The van der Waals surface area contributed by atoms with Gasteiger partial charge in [-0.2, -0.15) is 11.8 Å². The van der Waals surface area contributed by atoms with Crippen LogP contribution in [-0.4, -0.2) is 26.0 Å². The van der Waals surface area contributed by atoms with Gasteiger partial charge in [-0.1, -0.05) is 25.4 Å². The molecule has 21 heavy (non-hydrogen) atoms. The van der Waals surface area contributed by atoms with E-state index in [9.17, 15) is 12.8 Å². The van der Waals surface area contributed by atoms with Crippen molar-refractivity contribution in [2.45, 2.75) is 36.3 Å². The Morgan fingerprint density at radius 2 is 1.95 bits per heavy atom. The molecule has 0 aliphatic heterocycles. The minimum Gasteiger partial charge on any atom is -0.399 e. The number of sulfonamides is 1. The first-order valence-electron chi connectivity index (χ1n) is 6.50. The Morgan fingerprint density at radius 1 is 1.38 bits per heavy atom. The first kappa shape index (κ1) is 18.5. The van der Waals surface area contributed by atoms with Gasteiger partial charge in [-0.25, -0.2) is 17.5 Å². The molecule has 0 bridgehead atoms. The largest absolute Gasteiger partial charge is 0.399 e. The van der Waals surface area contributed by atoms with Crippen molar-refractivity contribution in [2.75, 3.05) is 18.5 Å². The Kier molecular flexibility index (Phi) is 6.34. The first-order valence-corrected chi connectivity index (χ1v) is 9.59. The molecular formula is C13H20ClFN2O2S2. The number of halogens is 2. The van der Waals surface area contributed by atoms with E-state index in [1.165, 1.54) is 6.07 Å². The predicted octanol–water partition coefficient (Wildman–Crippen LogP) is 3.26. The van der Waals surface area contributed by atoms with E-state index in [-0.39, 0.29) is 22.0 Å². The smallest absolute Gasteiger partial charge is 0.243 e. The third kappa shape index (κ3) is 4.25. The van der Waals surface area contributed by atoms with Gasteiger partial charge < -0.3 is 5.73 Å². The Hall–Kier alpha value is -0.500. The van der Waals surface area contributed by atoms with E-state index in [0.717, 1.165) is 18.9 Å². The van der Waals surface area contributed by atoms with Crippen LogP contribution in [0.2, 0.25) is 5.02 Å². The Balaban J connectivity index is 3.08. The molecule has 0 saturated carbocycles. The third-order valence-corrected chi connectivity index (χ3v) is 6.88. The van der Waals surface area contributed by atoms with Crippen molar-refractivity contribution in [2.24, 2.45) is 0 Å². The Morgan fingerprint density at radius 3 is 2.43 bits per heavy atom. The molecule has 0 spiro atoms. The molecule has 0 fully saturated rings. The summed E-state index contributed by atoms with van der Waals surface area (Å²) >= 11 is 7.24. The zero-order chi connectivity index (χ0) is 16.3. The van der Waals surface area contributed by atoms with Crippen LogP contribution in [0.4, 0.5) is 10.1 Å². The molecule has 0 atom stereocenters. The molecule has 3 N–H and O–H groups in total. The van der Waals surface area contributed by atoms with E-state index in [4.69, 9.17) is 17.3 Å². The van der Waals surface area contributed by atoms with Crippen molar-refractivity contribution in [3.8, 4) is 0 Å². The van der Waals surface area contributed by atoms with Crippen molar-refractivity contribution in [3.63, 3.8) is 0 Å².